The third-order valence-corrected chi connectivity index (χ3v) is 3.34. The summed E-state index contributed by atoms with van der Waals surface area (Å²) < 4.78 is 0. The Morgan fingerprint density at radius 1 is 1.36 bits per heavy atom. The van der Waals surface area contributed by atoms with Crippen molar-refractivity contribution < 1.29 is 5.11 Å². The molecule has 2 nitrogen and oxygen atoms in total. The van der Waals surface area contributed by atoms with Gasteiger partial charge in [-0.05, 0) is 36.8 Å². The molecule has 0 aromatic heterocycles. The second-order valence-electron chi connectivity index (χ2n) is 4.44. The predicted octanol–water partition coefficient (Wildman–Crippen LogP) is 1.11. The molecule has 0 saturated carbocycles. The summed E-state index contributed by atoms with van der Waals surface area (Å²) in [4.78, 5) is 0. The molecule has 0 amide bonds. The summed E-state index contributed by atoms with van der Waals surface area (Å²) in [6.07, 6.45) is 1.92. The zero-order chi connectivity index (χ0) is 10.2. The third-order valence-electron chi connectivity index (χ3n) is 3.34. The Kier molecular flexibility index (Phi) is 2.33. The molecule has 0 saturated heterocycles. The van der Waals surface area contributed by atoms with Gasteiger partial charge in [-0.15, -0.1) is 0 Å². The standard InChI is InChI=1S/C12H17NO/c1-12(14,8-13)11-6-9-4-2-3-5-10(9)7-11/h2-5,11,14H,6-8,13H2,1H3. The maximum Gasteiger partial charge on any atom is 0.0775 e. The minimum Gasteiger partial charge on any atom is -0.389 e. The highest BCUT2D eigenvalue weighted by Crippen LogP contribution is 2.32. The molecular weight excluding hydrogens is 174 g/mol. The zero-order valence-corrected chi connectivity index (χ0v) is 8.53. The largest absolute Gasteiger partial charge is 0.389 e. The molecule has 76 valence electrons. The first-order valence-electron chi connectivity index (χ1n) is 5.13. The molecule has 3 N–H and O–H groups in total. The van der Waals surface area contributed by atoms with E-state index in [1.165, 1.54) is 11.1 Å². The van der Waals surface area contributed by atoms with E-state index < -0.39 is 5.60 Å². The number of fused-ring (bicyclic) bond motifs is 1. The zero-order valence-electron chi connectivity index (χ0n) is 8.53. The number of hydrogen-bond acceptors (Lipinski definition) is 2. The number of rotatable bonds is 2. The molecule has 0 radical (unpaired) electrons. The van der Waals surface area contributed by atoms with Gasteiger partial charge < -0.3 is 10.8 Å². The highest BCUT2D eigenvalue weighted by atomic mass is 16.3. The van der Waals surface area contributed by atoms with Crippen molar-refractivity contribution in [1.82, 2.24) is 0 Å². The highest BCUT2D eigenvalue weighted by Gasteiger charge is 2.34. The summed E-state index contributed by atoms with van der Waals surface area (Å²) in [5, 5.41) is 10.1. The van der Waals surface area contributed by atoms with Crippen LogP contribution in [0.2, 0.25) is 0 Å². The predicted molar refractivity (Wildman–Crippen MR) is 57.0 cm³/mol. The van der Waals surface area contributed by atoms with Crippen molar-refractivity contribution in [1.29, 1.82) is 0 Å². The lowest BCUT2D eigenvalue weighted by atomic mass is 9.87. The molecule has 2 heteroatoms. The molecule has 1 aromatic rings. The van der Waals surface area contributed by atoms with E-state index in [1.807, 2.05) is 6.92 Å². The van der Waals surface area contributed by atoms with Crippen LogP contribution >= 0.6 is 0 Å². The first-order valence-corrected chi connectivity index (χ1v) is 5.13. The molecule has 1 aliphatic rings. The Balaban J connectivity index is 2.19. The molecule has 0 aliphatic heterocycles. The van der Waals surface area contributed by atoms with Crippen LogP contribution in [0.1, 0.15) is 18.1 Å². The van der Waals surface area contributed by atoms with Gasteiger partial charge in [0.15, 0.2) is 0 Å². The van der Waals surface area contributed by atoms with Gasteiger partial charge in [0.2, 0.25) is 0 Å². The molecule has 0 fully saturated rings. The Morgan fingerprint density at radius 3 is 2.29 bits per heavy atom. The maximum absolute atomic E-state index is 10.1. The number of benzene rings is 1. The lowest BCUT2D eigenvalue weighted by molar-refractivity contribution is 0.0116. The molecule has 0 heterocycles. The summed E-state index contributed by atoms with van der Waals surface area (Å²) in [6, 6.07) is 8.39. The van der Waals surface area contributed by atoms with Crippen molar-refractivity contribution in [2.24, 2.45) is 11.7 Å². The molecular formula is C12H17NO. The molecule has 0 bridgehead atoms. The van der Waals surface area contributed by atoms with Crippen LogP contribution in [0.4, 0.5) is 0 Å². The van der Waals surface area contributed by atoms with Crippen molar-refractivity contribution in [3.8, 4) is 0 Å². The van der Waals surface area contributed by atoms with Crippen LogP contribution in [0.5, 0.6) is 0 Å². The van der Waals surface area contributed by atoms with Gasteiger partial charge in [0.25, 0.3) is 0 Å². The van der Waals surface area contributed by atoms with Gasteiger partial charge in [0, 0.05) is 6.54 Å². The van der Waals surface area contributed by atoms with Gasteiger partial charge in [-0.2, -0.15) is 0 Å². The quantitative estimate of drug-likeness (QED) is 0.735. The van der Waals surface area contributed by atoms with Gasteiger partial charge in [-0.1, -0.05) is 24.3 Å². The van der Waals surface area contributed by atoms with Crippen LogP contribution in [0, 0.1) is 5.92 Å². The van der Waals surface area contributed by atoms with Crippen LogP contribution in [-0.4, -0.2) is 17.3 Å². The van der Waals surface area contributed by atoms with E-state index >= 15 is 0 Å². The summed E-state index contributed by atoms with van der Waals surface area (Å²) >= 11 is 0. The summed E-state index contributed by atoms with van der Waals surface area (Å²) in [5.41, 5.74) is 7.58. The molecule has 2 rings (SSSR count). The smallest absolute Gasteiger partial charge is 0.0775 e. The van der Waals surface area contributed by atoms with Crippen molar-refractivity contribution in [3.63, 3.8) is 0 Å². The number of hydrogen-bond donors (Lipinski definition) is 2. The molecule has 0 spiro atoms. The molecule has 14 heavy (non-hydrogen) atoms. The third kappa shape index (κ3) is 1.56. The maximum atomic E-state index is 10.1. The Hall–Kier alpha value is -0.860. The van der Waals surface area contributed by atoms with Gasteiger partial charge >= 0.3 is 0 Å². The van der Waals surface area contributed by atoms with Crippen LogP contribution < -0.4 is 5.73 Å². The SMILES string of the molecule is CC(O)(CN)C1Cc2ccccc2C1. The average Bonchev–Trinajstić information content (AvgIpc) is 2.61. The summed E-state index contributed by atoms with van der Waals surface area (Å²) in [6.45, 7) is 2.18. The van der Waals surface area contributed by atoms with Crippen LogP contribution in [0.25, 0.3) is 0 Å². The lowest BCUT2D eigenvalue weighted by Crippen LogP contribution is -2.42. The molecule has 1 unspecified atom stereocenters. The van der Waals surface area contributed by atoms with E-state index in [9.17, 15) is 5.11 Å². The number of aliphatic hydroxyl groups is 1. The second-order valence-corrected chi connectivity index (χ2v) is 4.44. The van der Waals surface area contributed by atoms with E-state index in [1.54, 1.807) is 0 Å². The van der Waals surface area contributed by atoms with Crippen molar-refractivity contribution in [2.45, 2.75) is 25.4 Å². The van der Waals surface area contributed by atoms with Gasteiger partial charge in [-0.3, -0.25) is 0 Å². The summed E-state index contributed by atoms with van der Waals surface area (Å²) in [7, 11) is 0. The minimum absolute atomic E-state index is 0.282. The topological polar surface area (TPSA) is 46.2 Å². The Labute approximate surface area is 84.7 Å². The van der Waals surface area contributed by atoms with Crippen molar-refractivity contribution in [3.05, 3.63) is 35.4 Å². The Bertz CT molecular complexity index is 308. The second kappa shape index (κ2) is 3.37. The van der Waals surface area contributed by atoms with Gasteiger partial charge in [0.05, 0.1) is 5.60 Å². The molecule has 1 atom stereocenters. The lowest BCUT2D eigenvalue weighted by Gasteiger charge is -2.28. The highest BCUT2D eigenvalue weighted by molar-refractivity contribution is 5.33. The molecule has 1 aromatic carbocycles. The van der Waals surface area contributed by atoms with Gasteiger partial charge in [-0.25, -0.2) is 0 Å². The Morgan fingerprint density at radius 2 is 1.86 bits per heavy atom. The van der Waals surface area contributed by atoms with E-state index in [4.69, 9.17) is 5.73 Å². The van der Waals surface area contributed by atoms with Crippen molar-refractivity contribution >= 4 is 0 Å². The minimum atomic E-state index is -0.723. The normalized spacial score (nSPS) is 20.5. The fourth-order valence-corrected chi connectivity index (χ4v) is 2.17. The monoisotopic (exact) mass is 191 g/mol. The van der Waals surface area contributed by atoms with E-state index in [0.717, 1.165) is 12.8 Å². The average molecular weight is 191 g/mol. The first kappa shape index (κ1) is 9.69. The van der Waals surface area contributed by atoms with Crippen LogP contribution in [0.3, 0.4) is 0 Å². The van der Waals surface area contributed by atoms with Crippen LogP contribution in [0.15, 0.2) is 24.3 Å². The van der Waals surface area contributed by atoms with E-state index in [-0.39, 0.29) is 5.92 Å². The van der Waals surface area contributed by atoms with Gasteiger partial charge in [0.1, 0.15) is 0 Å². The fourth-order valence-electron chi connectivity index (χ4n) is 2.17. The first-order chi connectivity index (χ1) is 6.63. The van der Waals surface area contributed by atoms with Crippen molar-refractivity contribution in [2.75, 3.05) is 6.54 Å². The van der Waals surface area contributed by atoms with E-state index in [0.29, 0.717) is 6.54 Å². The fraction of sp³-hybridized carbons (Fsp3) is 0.500. The number of nitrogens with two attached hydrogens (primary N) is 1. The van der Waals surface area contributed by atoms with Crippen LogP contribution in [-0.2, 0) is 12.8 Å². The summed E-state index contributed by atoms with van der Waals surface area (Å²) in [5.74, 6) is 0.282. The van der Waals surface area contributed by atoms with E-state index in [2.05, 4.69) is 24.3 Å². The molecule has 1 aliphatic carbocycles.